The lowest BCUT2D eigenvalue weighted by Gasteiger charge is -2.16. The number of carbonyl (C=O) groups is 2. The fourth-order valence-corrected chi connectivity index (χ4v) is 1.33. The molecule has 0 amide bonds. The van der Waals surface area contributed by atoms with E-state index in [1.54, 1.807) is 51.1 Å². The second-order valence-electron chi connectivity index (χ2n) is 4.17. The summed E-state index contributed by atoms with van der Waals surface area (Å²) >= 11 is 0. The maximum Gasteiger partial charge on any atom is 0.514 e. The van der Waals surface area contributed by atoms with Crippen LogP contribution in [-0.2, 0) is 14.3 Å². The van der Waals surface area contributed by atoms with Gasteiger partial charge in [0.15, 0.2) is 0 Å². The average molecular weight is 266 g/mol. The molecular formula is C14H18O5. The Morgan fingerprint density at radius 2 is 1.74 bits per heavy atom. The van der Waals surface area contributed by atoms with Gasteiger partial charge < -0.3 is 14.2 Å². The Labute approximate surface area is 112 Å². The molecule has 5 nitrogen and oxygen atoms in total. The van der Waals surface area contributed by atoms with E-state index in [0.717, 1.165) is 0 Å². The van der Waals surface area contributed by atoms with Gasteiger partial charge in [0.2, 0.25) is 6.10 Å². The van der Waals surface area contributed by atoms with E-state index in [-0.39, 0.29) is 6.10 Å². The summed E-state index contributed by atoms with van der Waals surface area (Å²) in [7, 11) is 0. The van der Waals surface area contributed by atoms with Gasteiger partial charge in [-0.05, 0) is 32.4 Å². The van der Waals surface area contributed by atoms with E-state index in [2.05, 4.69) is 0 Å². The zero-order valence-corrected chi connectivity index (χ0v) is 11.3. The summed E-state index contributed by atoms with van der Waals surface area (Å²) in [4.78, 5) is 23.1. The first kappa shape index (κ1) is 15.0. The second-order valence-corrected chi connectivity index (χ2v) is 4.17. The van der Waals surface area contributed by atoms with Crippen molar-refractivity contribution in [3.63, 3.8) is 0 Å². The van der Waals surface area contributed by atoms with Crippen molar-refractivity contribution in [2.45, 2.75) is 39.4 Å². The van der Waals surface area contributed by atoms with Gasteiger partial charge in [0.25, 0.3) is 0 Å². The summed E-state index contributed by atoms with van der Waals surface area (Å²) < 4.78 is 14.8. The molecule has 0 aromatic heterocycles. The first-order valence-electron chi connectivity index (χ1n) is 6.17. The average Bonchev–Trinajstić information content (AvgIpc) is 2.36. The van der Waals surface area contributed by atoms with Crippen LogP contribution in [0.15, 0.2) is 30.3 Å². The highest BCUT2D eigenvalue weighted by Crippen LogP contribution is 2.11. The molecule has 0 aliphatic rings. The van der Waals surface area contributed by atoms with Crippen molar-refractivity contribution < 1.29 is 23.8 Å². The number of rotatable bonds is 5. The fraction of sp³-hybridized carbons (Fsp3) is 0.429. The quantitative estimate of drug-likeness (QED) is 0.605. The van der Waals surface area contributed by atoms with Crippen LogP contribution in [0.5, 0.6) is 5.75 Å². The molecule has 0 fully saturated rings. The number of benzene rings is 1. The highest BCUT2D eigenvalue weighted by atomic mass is 16.7. The van der Waals surface area contributed by atoms with Crippen molar-refractivity contribution in [2.75, 3.05) is 0 Å². The predicted octanol–water partition coefficient (Wildman–Crippen LogP) is 2.93. The van der Waals surface area contributed by atoms with Gasteiger partial charge in [-0.15, -0.1) is 0 Å². The molecule has 1 rings (SSSR count). The summed E-state index contributed by atoms with van der Waals surface area (Å²) in [5.74, 6) is -0.206. The molecule has 0 saturated heterocycles. The Morgan fingerprint density at radius 1 is 1.11 bits per heavy atom. The number of hydrogen-bond donors (Lipinski definition) is 0. The molecule has 0 N–H and O–H groups in total. The molecule has 5 heteroatoms. The van der Waals surface area contributed by atoms with Crippen LogP contribution in [0.4, 0.5) is 4.79 Å². The molecule has 0 heterocycles. The van der Waals surface area contributed by atoms with Crippen molar-refractivity contribution in [1.29, 1.82) is 0 Å². The molecular weight excluding hydrogens is 248 g/mol. The highest BCUT2D eigenvalue weighted by Gasteiger charge is 2.24. The third kappa shape index (κ3) is 5.42. The van der Waals surface area contributed by atoms with E-state index >= 15 is 0 Å². The van der Waals surface area contributed by atoms with Gasteiger partial charge in [0.05, 0.1) is 6.10 Å². The summed E-state index contributed by atoms with van der Waals surface area (Å²) in [5, 5.41) is 0. The summed E-state index contributed by atoms with van der Waals surface area (Å²) in [6.07, 6.45) is -1.79. The van der Waals surface area contributed by atoms with Crippen LogP contribution in [0, 0.1) is 0 Å². The Kier molecular flexibility index (Phi) is 5.85. The standard InChI is InChI=1S/C14H18O5/c1-4-12(13(15)17-10(2)3)19-14(16)18-11-8-6-5-7-9-11/h5-10,12H,4H2,1-3H3. The zero-order valence-electron chi connectivity index (χ0n) is 11.3. The van der Waals surface area contributed by atoms with Gasteiger partial charge in [0, 0.05) is 0 Å². The van der Waals surface area contributed by atoms with Gasteiger partial charge in [0.1, 0.15) is 5.75 Å². The number of carbonyl (C=O) groups excluding carboxylic acids is 2. The highest BCUT2D eigenvalue weighted by molar-refractivity contribution is 5.78. The Morgan fingerprint density at radius 3 is 2.26 bits per heavy atom. The van der Waals surface area contributed by atoms with E-state index in [9.17, 15) is 9.59 Å². The molecule has 1 atom stereocenters. The van der Waals surface area contributed by atoms with E-state index in [4.69, 9.17) is 14.2 Å². The van der Waals surface area contributed by atoms with E-state index < -0.39 is 18.2 Å². The summed E-state index contributed by atoms with van der Waals surface area (Å²) in [5.41, 5.74) is 0. The van der Waals surface area contributed by atoms with Gasteiger partial charge in [-0.1, -0.05) is 25.1 Å². The Hall–Kier alpha value is -2.04. The van der Waals surface area contributed by atoms with Crippen LogP contribution < -0.4 is 4.74 Å². The molecule has 0 aliphatic heterocycles. The van der Waals surface area contributed by atoms with Crippen LogP contribution in [-0.4, -0.2) is 24.3 Å². The van der Waals surface area contributed by atoms with Crippen molar-refractivity contribution in [2.24, 2.45) is 0 Å². The molecule has 1 aromatic rings. The maximum absolute atomic E-state index is 11.6. The third-order valence-electron chi connectivity index (χ3n) is 2.17. The summed E-state index contributed by atoms with van der Waals surface area (Å²) in [6.45, 7) is 5.18. The number of esters is 1. The number of hydrogen-bond acceptors (Lipinski definition) is 5. The lowest BCUT2D eigenvalue weighted by molar-refractivity contribution is -0.158. The molecule has 1 unspecified atom stereocenters. The fourth-order valence-electron chi connectivity index (χ4n) is 1.33. The van der Waals surface area contributed by atoms with Crippen LogP contribution in [0.3, 0.4) is 0 Å². The van der Waals surface area contributed by atoms with Crippen LogP contribution in [0.25, 0.3) is 0 Å². The van der Waals surface area contributed by atoms with E-state index in [1.165, 1.54) is 0 Å². The predicted molar refractivity (Wildman–Crippen MR) is 68.9 cm³/mol. The lowest BCUT2D eigenvalue weighted by atomic mass is 10.3. The first-order chi connectivity index (χ1) is 9.02. The van der Waals surface area contributed by atoms with Crippen molar-refractivity contribution in [1.82, 2.24) is 0 Å². The van der Waals surface area contributed by atoms with Gasteiger partial charge >= 0.3 is 12.1 Å². The van der Waals surface area contributed by atoms with Crippen molar-refractivity contribution >= 4 is 12.1 Å². The molecule has 0 spiro atoms. The van der Waals surface area contributed by atoms with Crippen LogP contribution in [0.1, 0.15) is 27.2 Å². The molecule has 19 heavy (non-hydrogen) atoms. The van der Waals surface area contributed by atoms with E-state index in [1.807, 2.05) is 0 Å². The minimum Gasteiger partial charge on any atom is -0.460 e. The largest absolute Gasteiger partial charge is 0.514 e. The summed E-state index contributed by atoms with van der Waals surface area (Å²) in [6, 6.07) is 8.50. The van der Waals surface area contributed by atoms with Crippen molar-refractivity contribution in [3.05, 3.63) is 30.3 Å². The van der Waals surface area contributed by atoms with E-state index in [0.29, 0.717) is 12.2 Å². The molecule has 0 aliphatic carbocycles. The van der Waals surface area contributed by atoms with Crippen LogP contribution >= 0.6 is 0 Å². The van der Waals surface area contributed by atoms with Gasteiger partial charge in [-0.3, -0.25) is 0 Å². The first-order valence-corrected chi connectivity index (χ1v) is 6.17. The maximum atomic E-state index is 11.6. The molecule has 1 aromatic carbocycles. The number of para-hydroxylation sites is 1. The normalized spacial score (nSPS) is 11.8. The minimum atomic E-state index is -0.946. The third-order valence-corrected chi connectivity index (χ3v) is 2.17. The smallest absolute Gasteiger partial charge is 0.460 e. The lowest BCUT2D eigenvalue weighted by Crippen LogP contribution is -2.31. The Bertz CT molecular complexity index is 413. The molecule has 0 saturated carbocycles. The van der Waals surface area contributed by atoms with Gasteiger partial charge in [-0.2, -0.15) is 0 Å². The second kappa shape index (κ2) is 7.41. The number of ether oxygens (including phenoxy) is 3. The minimum absolute atomic E-state index is 0.254. The molecule has 104 valence electrons. The molecule has 0 radical (unpaired) electrons. The monoisotopic (exact) mass is 266 g/mol. The Balaban J connectivity index is 2.51. The van der Waals surface area contributed by atoms with Gasteiger partial charge in [-0.25, -0.2) is 9.59 Å². The van der Waals surface area contributed by atoms with Crippen molar-refractivity contribution in [3.8, 4) is 5.75 Å². The SMILES string of the molecule is CCC(OC(=O)Oc1ccccc1)C(=O)OC(C)C. The van der Waals surface area contributed by atoms with Crippen LogP contribution in [0.2, 0.25) is 0 Å². The molecule has 0 bridgehead atoms. The zero-order chi connectivity index (χ0) is 14.3. The topological polar surface area (TPSA) is 61.8 Å².